The molecule has 1 atom stereocenters. The van der Waals surface area contributed by atoms with Crippen LogP contribution >= 0.6 is 0 Å². The summed E-state index contributed by atoms with van der Waals surface area (Å²) in [6, 6.07) is 4.26. The minimum absolute atomic E-state index is 0.189. The number of rotatable bonds is 3. The molecule has 2 heterocycles. The highest BCUT2D eigenvalue weighted by Gasteiger charge is 2.40. The van der Waals surface area contributed by atoms with E-state index in [9.17, 15) is 4.79 Å². The third kappa shape index (κ3) is 2.81. The number of carboxylic acid groups (broad SMARTS) is 1. The minimum Gasteiger partial charge on any atom is -0.481 e. The smallest absolute Gasteiger partial charge is 0.304 e. The van der Waals surface area contributed by atoms with Crippen molar-refractivity contribution in [3.63, 3.8) is 0 Å². The number of hydrogen-bond acceptors (Lipinski definition) is 3. The lowest BCUT2D eigenvalue weighted by atomic mass is 9.95. The average molecular weight is 287 g/mol. The Bertz CT molecular complexity index is 608. The Morgan fingerprint density at radius 3 is 2.90 bits per heavy atom. The lowest BCUT2D eigenvalue weighted by Gasteiger charge is -2.32. The minimum atomic E-state index is -0.743. The van der Waals surface area contributed by atoms with Crippen molar-refractivity contribution in [3.8, 4) is 5.75 Å². The molecule has 0 radical (unpaired) electrons. The van der Waals surface area contributed by atoms with Gasteiger partial charge in [-0.1, -0.05) is 6.08 Å². The second-order valence-electron chi connectivity index (χ2n) is 6.14. The predicted octanol–water partition coefficient (Wildman–Crippen LogP) is 2.63. The zero-order chi connectivity index (χ0) is 15.0. The first-order valence-electron chi connectivity index (χ1n) is 7.41. The predicted molar refractivity (Wildman–Crippen MR) is 81.6 cm³/mol. The van der Waals surface area contributed by atoms with E-state index in [1.165, 1.54) is 11.1 Å². The molecule has 112 valence electrons. The SMILES string of the molecule is Cc1cc2c(cc1C)OC1(C=C2)CCN(CCC(=O)O)C1. The van der Waals surface area contributed by atoms with Crippen LogP contribution in [0.1, 0.15) is 29.5 Å². The van der Waals surface area contributed by atoms with Gasteiger partial charge >= 0.3 is 5.97 Å². The summed E-state index contributed by atoms with van der Waals surface area (Å²) in [6.45, 7) is 6.45. The third-order valence-electron chi connectivity index (χ3n) is 4.49. The number of benzene rings is 1. The van der Waals surface area contributed by atoms with Crippen LogP contribution in [0.5, 0.6) is 5.75 Å². The highest BCUT2D eigenvalue weighted by molar-refractivity contribution is 5.67. The van der Waals surface area contributed by atoms with Crippen LogP contribution in [0.3, 0.4) is 0 Å². The second kappa shape index (κ2) is 5.19. The van der Waals surface area contributed by atoms with Gasteiger partial charge in [-0.3, -0.25) is 9.69 Å². The number of aryl methyl sites for hydroxylation is 2. The Morgan fingerprint density at radius 2 is 2.14 bits per heavy atom. The van der Waals surface area contributed by atoms with Crippen LogP contribution in [0.4, 0.5) is 0 Å². The maximum Gasteiger partial charge on any atom is 0.304 e. The zero-order valence-corrected chi connectivity index (χ0v) is 12.6. The van der Waals surface area contributed by atoms with Crippen LogP contribution in [0.2, 0.25) is 0 Å². The van der Waals surface area contributed by atoms with Gasteiger partial charge < -0.3 is 9.84 Å². The van der Waals surface area contributed by atoms with Crippen LogP contribution < -0.4 is 4.74 Å². The van der Waals surface area contributed by atoms with Gasteiger partial charge in [-0.15, -0.1) is 0 Å². The summed E-state index contributed by atoms with van der Waals surface area (Å²) in [5, 5.41) is 8.79. The first-order chi connectivity index (χ1) is 9.97. The highest BCUT2D eigenvalue weighted by atomic mass is 16.5. The van der Waals surface area contributed by atoms with E-state index >= 15 is 0 Å². The molecule has 1 unspecified atom stereocenters. The van der Waals surface area contributed by atoms with Crippen molar-refractivity contribution in [1.29, 1.82) is 0 Å². The topological polar surface area (TPSA) is 49.8 Å². The van der Waals surface area contributed by atoms with E-state index in [2.05, 4.69) is 43.0 Å². The van der Waals surface area contributed by atoms with E-state index in [0.717, 1.165) is 30.8 Å². The van der Waals surface area contributed by atoms with Crippen LogP contribution in [0.25, 0.3) is 6.08 Å². The monoisotopic (exact) mass is 287 g/mol. The zero-order valence-electron chi connectivity index (χ0n) is 12.6. The lowest BCUT2D eigenvalue weighted by molar-refractivity contribution is -0.137. The molecule has 0 aliphatic carbocycles. The van der Waals surface area contributed by atoms with Gasteiger partial charge in [-0.25, -0.2) is 0 Å². The summed E-state index contributed by atoms with van der Waals surface area (Å²) in [7, 11) is 0. The van der Waals surface area contributed by atoms with Crippen LogP contribution in [0.15, 0.2) is 18.2 Å². The molecule has 2 aliphatic rings. The molecule has 3 rings (SSSR count). The highest BCUT2D eigenvalue weighted by Crippen LogP contribution is 2.37. The molecular weight excluding hydrogens is 266 g/mol. The van der Waals surface area contributed by atoms with Gasteiger partial charge in [0, 0.05) is 31.6 Å². The number of likely N-dealkylation sites (tertiary alicyclic amines) is 1. The van der Waals surface area contributed by atoms with Crippen molar-refractivity contribution in [1.82, 2.24) is 4.90 Å². The van der Waals surface area contributed by atoms with Crippen molar-refractivity contribution in [2.45, 2.75) is 32.3 Å². The fourth-order valence-corrected chi connectivity index (χ4v) is 3.07. The summed E-state index contributed by atoms with van der Waals surface area (Å²) in [5.74, 6) is 0.202. The fraction of sp³-hybridized carbons (Fsp3) is 0.471. The molecule has 21 heavy (non-hydrogen) atoms. The van der Waals surface area contributed by atoms with Crippen molar-refractivity contribution in [2.75, 3.05) is 19.6 Å². The number of carbonyl (C=O) groups is 1. The standard InChI is InChI=1S/C17H21NO3/c1-12-9-14-3-5-17(21-15(14)10-13(12)2)6-8-18(11-17)7-4-16(19)20/h3,5,9-10H,4,6-8,11H2,1-2H3,(H,19,20). The summed E-state index contributed by atoms with van der Waals surface area (Å²) < 4.78 is 6.28. The number of fused-ring (bicyclic) bond motifs is 1. The molecule has 1 aromatic carbocycles. The molecule has 1 N–H and O–H groups in total. The molecule has 0 bridgehead atoms. The van der Waals surface area contributed by atoms with Gasteiger partial charge in [0.05, 0.1) is 6.42 Å². The third-order valence-corrected chi connectivity index (χ3v) is 4.49. The van der Waals surface area contributed by atoms with Crippen molar-refractivity contribution >= 4 is 12.0 Å². The molecule has 0 amide bonds. The van der Waals surface area contributed by atoms with Crippen molar-refractivity contribution in [3.05, 3.63) is 34.9 Å². The lowest BCUT2D eigenvalue weighted by Crippen LogP contribution is -2.39. The van der Waals surface area contributed by atoms with E-state index in [0.29, 0.717) is 6.54 Å². The Balaban J connectivity index is 1.75. The summed E-state index contributed by atoms with van der Waals surface area (Å²) in [5.41, 5.74) is 3.35. The number of aliphatic carboxylic acids is 1. The van der Waals surface area contributed by atoms with E-state index in [4.69, 9.17) is 9.84 Å². The molecule has 1 spiro atoms. The number of ether oxygens (including phenoxy) is 1. The van der Waals surface area contributed by atoms with Crippen LogP contribution in [-0.2, 0) is 4.79 Å². The normalized spacial score (nSPS) is 24.1. The summed E-state index contributed by atoms with van der Waals surface area (Å²) >= 11 is 0. The van der Waals surface area contributed by atoms with Gasteiger partial charge in [0.2, 0.25) is 0 Å². The molecule has 0 saturated carbocycles. The van der Waals surface area contributed by atoms with Gasteiger partial charge in [0.1, 0.15) is 11.4 Å². The Kier molecular flexibility index (Phi) is 3.49. The molecule has 0 aromatic heterocycles. The van der Waals surface area contributed by atoms with Gasteiger partial charge in [-0.05, 0) is 43.2 Å². The molecule has 4 heteroatoms. The average Bonchev–Trinajstić information content (AvgIpc) is 2.82. The van der Waals surface area contributed by atoms with Crippen LogP contribution in [0, 0.1) is 13.8 Å². The maximum absolute atomic E-state index is 10.7. The van der Waals surface area contributed by atoms with Crippen molar-refractivity contribution in [2.24, 2.45) is 0 Å². The van der Waals surface area contributed by atoms with E-state index in [-0.39, 0.29) is 12.0 Å². The quantitative estimate of drug-likeness (QED) is 0.928. The molecule has 1 fully saturated rings. The first kappa shape index (κ1) is 14.1. The van der Waals surface area contributed by atoms with Gasteiger partial charge in [0.25, 0.3) is 0 Å². The Hall–Kier alpha value is -1.81. The first-order valence-corrected chi connectivity index (χ1v) is 7.41. The summed E-state index contributed by atoms with van der Waals surface area (Å²) in [6.07, 6.45) is 5.39. The van der Waals surface area contributed by atoms with Gasteiger partial charge in [-0.2, -0.15) is 0 Å². The molecule has 4 nitrogen and oxygen atoms in total. The largest absolute Gasteiger partial charge is 0.481 e. The maximum atomic E-state index is 10.7. The van der Waals surface area contributed by atoms with Gasteiger partial charge in [0.15, 0.2) is 0 Å². The molecule has 2 aliphatic heterocycles. The Morgan fingerprint density at radius 1 is 1.38 bits per heavy atom. The molecule has 1 saturated heterocycles. The number of carboxylic acids is 1. The van der Waals surface area contributed by atoms with E-state index < -0.39 is 5.97 Å². The summed E-state index contributed by atoms with van der Waals surface area (Å²) in [4.78, 5) is 12.9. The molecule has 1 aromatic rings. The number of nitrogens with zero attached hydrogens (tertiary/aromatic N) is 1. The Labute approximate surface area is 125 Å². The fourth-order valence-electron chi connectivity index (χ4n) is 3.07. The molecular formula is C17H21NO3. The number of hydrogen-bond donors (Lipinski definition) is 1. The van der Waals surface area contributed by atoms with E-state index in [1.54, 1.807) is 0 Å². The van der Waals surface area contributed by atoms with Crippen molar-refractivity contribution < 1.29 is 14.6 Å². The van der Waals surface area contributed by atoms with E-state index in [1.807, 2.05) is 0 Å². The van der Waals surface area contributed by atoms with Crippen LogP contribution in [-0.4, -0.2) is 41.2 Å². The second-order valence-corrected chi connectivity index (χ2v) is 6.14.